The van der Waals surface area contributed by atoms with E-state index < -0.39 is 0 Å². The predicted octanol–water partition coefficient (Wildman–Crippen LogP) is 2.79. The highest BCUT2D eigenvalue weighted by Gasteiger charge is 2.13. The highest BCUT2D eigenvalue weighted by molar-refractivity contribution is 5.29. The van der Waals surface area contributed by atoms with E-state index in [1.807, 2.05) is 19.1 Å². The smallest absolute Gasteiger partial charge is 0.118 e. The molecule has 0 aliphatic heterocycles. The quantitative estimate of drug-likeness (QED) is 0.716. The molecule has 1 aromatic carbocycles. The normalized spacial score (nSPS) is 14.0. The fourth-order valence-corrected chi connectivity index (χ4v) is 1.97. The van der Waals surface area contributed by atoms with Gasteiger partial charge in [-0.3, -0.25) is 0 Å². The summed E-state index contributed by atoms with van der Waals surface area (Å²) in [6.07, 6.45) is 1.20. The van der Waals surface area contributed by atoms with E-state index in [-0.39, 0.29) is 12.1 Å². The Morgan fingerprint density at radius 2 is 1.80 bits per heavy atom. The third-order valence-electron chi connectivity index (χ3n) is 3.11. The average Bonchev–Trinajstić information content (AvgIpc) is 2.48. The molecule has 1 aromatic rings. The van der Waals surface area contributed by atoms with Gasteiger partial charge < -0.3 is 19.5 Å². The van der Waals surface area contributed by atoms with E-state index in [0.29, 0.717) is 13.2 Å². The van der Waals surface area contributed by atoms with Crippen molar-refractivity contribution in [1.82, 2.24) is 5.32 Å². The zero-order valence-electron chi connectivity index (χ0n) is 13.0. The molecule has 0 aliphatic carbocycles. The molecule has 0 aromatic heterocycles. The standard InChI is InChI=1S/C16H27NO3/c1-5-10-17-16(12-20-13(2)11-18-3)14-6-8-15(19-4)9-7-14/h6-9,13,16-17H,5,10-12H2,1-4H3. The van der Waals surface area contributed by atoms with Crippen molar-refractivity contribution in [1.29, 1.82) is 0 Å². The summed E-state index contributed by atoms with van der Waals surface area (Å²) in [4.78, 5) is 0. The molecule has 0 saturated carbocycles. The van der Waals surface area contributed by atoms with Crippen LogP contribution in [0.25, 0.3) is 0 Å². The average molecular weight is 281 g/mol. The van der Waals surface area contributed by atoms with Crippen LogP contribution in [0.5, 0.6) is 5.75 Å². The van der Waals surface area contributed by atoms with E-state index in [1.54, 1.807) is 14.2 Å². The Morgan fingerprint density at radius 1 is 1.10 bits per heavy atom. The van der Waals surface area contributed by atoms with Crippen LogP contribution in [0.2, 0.25) is 0 Å². The molecule has 0 saturated heterocycles. The van der Waals surface area contributed by atoms with Gasteiger partial charge >= 0.3 is 0 Å². The lowest BCUT2D eigenvalue weighted by Crippen LogP contribution is -2.29. The minimum absolute atomic E-state index is 0.101. The van der Waals surface area contributed by atoms with Gasteiger partial charge in [0.05, 0.1) is 32.5 Å². The number of methoxy groups -OCH3 is 2. The van der Waals surface area contributed by atoms with Crippen molar-refractivity contribution in [3.63, 3.8) is 0 Å². The molecule has 0 radical (unpaired) electrons. The Hall–Kier alpha value is -1.10. The molecule has 0 fully saturated rings. The predicted molar refractivity (Wildman–Crippen MR) is 81.3 cm³/mol. The first-order valence-corrected chi connectivity index (χ1v) is 7.19. The second-order valence-electron chi connectivity index (χ2n) is 4.88. The van der Waals surface area contributed by atoms with Gasteiger partial charge in [0.15, 0.2) is 0 Å². The minimum Gasteiger partial charge on any atom is -0.497 e. The summed E-state index contributed by atoms with van der Waals surface area (Å²) in [5.74, 6) is 0.872. The van der Waals surface area contributed by atoms with E-state index in [0.717, 1.165) is 18.7 Å². The first-order valence-electron chi connectivity index (χ1n) is 7.19. The maximum atomic E-state index is 5.83. The summed E-state index contributed by atoms with van der Waals surface area (Å²) >= 11 is 0. The maximum Gasteiger partial charge on any atom is 0.118 e. The molecule has 2 unspecified atom stereocenters. The van der Waals surface area contributed by atoms with Crippen LogP contribution >= 0.6 is 0 Å². The van der Waals surface area contributed by atoms with Gasteiger partial charge in [0.2, 0.25) is 0 Å². The lowest BCUT2D eigenvalue weighted by molar-refractivity contribution is -0.000529. The fraction of sp³-hybridized carbons (Fsp3) is 0.625. The molecule has 1 N–H and O–H groups in total. The molecular weight excluding hydrogens is 254 g/mol. The molecule has 1 rings (SSSR count). The van der Waals surface area contributed by atoms with Crippen LogP contribution in [0.15, 0.2) is 24.3 Å². The van der Waals surface area contributed by atoms with E-state index in [9.17, 15) is 0 Å². The van der Waals surface area contributed by atoms with Crippen molar-refractivity contribution in [2.75, 3.05) is 34.0 Å². The highest BCUT2D eigenvalue weighted by atomic mass is 16.5. The van der Waals surface area contributed by atoms with Crippen molar-refractivity contribution < 1.29 is 14.2 Å². The molecule has 0 amide bonds. The minimum atomic E-state index is 0.101. The van der Waals surface area contributed by atoms with Crippen LogP contribution in [0.4, 0.5) is 0 Å². The summed E-state index contributed by atoms with van der Waals surface area (Å²) in [5, 5.41) is 3.51. The van der Waals surface area contributed by atoms with E-state index in [1.165, 1.54) is 5.56 Å². The monoisotopic (exact) mass is 281 g/mol. The van der Waals surface area contributed by atoms with Gasteiger partial charge in [-0.1, -0.05) is 19.1 Å². The zero-order chi connectivity index (χ0) is 14.8. The van der Waals surface area contributed by atoms with E-state index in [4.69, 9.17) is 14.2 Å². The second-order valence-corrected chi connectivity index (χ2v) is 4.88. The van der Waals surface area contributed by atoms with E-state index >= 15 is 0 Å². The number of benzene rings is 1. The topological polar surface area (TPSA) is 39.7 Å². The molecule has 0 spiro atoms. The Balaban J connectivity index is 2.61. The molecule has 2 atom stereocenters. The van der Waals surface area contributed by atoms with Crippen LogP contribution in [0.3, 0.4) is 0 Å². The van der Waals surface area contributed by atoms with Crippen molar-refractivity contribution >= 4 is 0 Å². The molecule has 0 bridgehead atoms. The first kappa shape index (κ1) is 17.0. The van der Waals surface area contributed by atoms with Gasteiger partial charge in [-0.25, -0.2) is 0 Å². The lowest BCUT2D eigenvalue weighted by Gasteiger charge is -2.21. The van der Waals surface area contributed by atoms with Crippen molar-refractivity contribution in [2.24, 2.45) is 0 Å². The van der Waals surface area contributed by atoms with Crippen molar-refractivity contribution in [2.45, 2.75) is 32.4 Å². The van der Waals surface area contributed by atoms with Gasteiger partial charge in [0.1, 0.15) is 5.75 Å². The Bertz CT molecular complexity index is 353. The first-order chi connectivity index (χ1) is 9.71. The fourth-order valence-electron chi connectivity index (χ4n) is 1.97. The van der Waals surface area contributed by atoms with Gasteiger partial charge in [-0.15, -0.1) is 0 Å². The molecule has 114 valence electrons. The summed E-state index contributed by atoms with van der Waals surface area (Å²) in [6.45, 7) is 6.40. The zero-order valence-corrected chi connectivity index (χ0v) is 13.0. The number of nitrogens with one attached hydrogen (secondary N) is 1. The lowest BCUT2D eigenvalue weighted by atomic mass is 10.1. The summed E-state index contributed by atoms with van der Waals surface area (Å²) < 4.78 is 16.1. The maximum absolute atomic E-state index is 5.83. The molecule has 4 heteroatoms. The summed E-state index contributed by atoms with van der Waals surface area (Å²) in [5.41, 5.74) is 1.21. The molecule has 0 aliphatic rings. The molecule has 20 heavy (non-hydrogen) atoms. The van der Waals surface area contributed by atoms with E-state index in [2.05, 4.69) is 24.4 Å². The van der Waals surface area contributed by atoms with Crippen LogP contribution in [-0.4, -0.2) is 40.1 Å². The highest BCUT2D eigenvalue weighted by Crippen LogP contribution is 2.18. The van der Waals surface area contributed by atoms with Crippen LogP contribution in [0, 0.1) is 0 Å². The Labute approximate surface area is 122 Å². The van der Waals surface area contributed by atoms with Gasteiger partial charge in [-0.2, -0.15) is 0 Å². The number of ether oxygens (including phenoxy) is 3. The number of rotatable bonds is 10. The third-order valence-corrected chi connectivity index (χ3v) is 3.11. The van der Waals surface area contributed by atoms with Gasteiger partial charge in [0.25, 0.3) is 0 Å². The molecular formula is C16H27NO3. The van der Waals surface area contributed by atoms with Crippen LogP contribution in [0.1, 0.15) is 31.9 Å². The third kappa shape index (κ3) is 5.90. The SMILES string of the molecule is CCCNC(COC(C)COC)c1ccc(OC)cc1. The number of hydrogen-bond acceptors (Lipinski definition) is 4. The molecule has 4 nitrogen and oxygen atoms in total. The van der Waals surface area contributed by atoms with Crippen molar-refractivity contribution in [3.8, 4) is 5.75 Å². The largest absolute Gasteiger partial charge is 0.497 e. The second kappa shape index (κ2) is 9.75. The summed E-state index contributed by atoms with van der Waals surface area (Å²) in [7, 11) is 3.37. The Kier molecular flexibility index (Phi) is 8.26. The number of hydrogen-bond donors (Lipinski definition) is 1. The van der Waals surface area contributed by atoms with Gasteiger partial charge in [0, 0.05) is 7.11 Å². The Morgan fingerprint density at radius 3 is 2.35 bits per heavy atom. The van der Waals surface area contributed by atoms with Crippen LogP contribution in [-0.2, 0) is 9.47 Å². The van der Waals surface area contributed by atoms with Crippen LogP contribution < -0.4 is 10.1 Å². The molecule has 0 heterocycles. The van der Waals surface area contributed by atoms with Gasteiger partial charge in [-0.05, 0) is 37.6 Å². The summed E-state index contributed by atoms with van der Waals surface area (Å²) in [6, 6.07) is 8.32. The van der Waals surface area contributed by atoms with Crippen molar-refractivity contribution in [3.05, 3.63) is 29.8 Å².